The number of nitrogens with one attached hydrogen (secondary N) is 1. The van der Waals surface area contributed by atoms with Gasteiger partial charge in [0.05, 0.1) is 29.3 Å². The molecule has 0 aliphatic carbocycles. The number of carbonyl (C=O) groups excluding carboxylic acids is 1. The SMILES string of the molecule is CCN(C)CC(=O)N1C[C@@H]2C[C@H](C)[C@@H](C1)N2c1ccc2[nH]c(-c3cn4ncnc4c(C)c3C)c(C(C)C)c2n1. The fourth-order valence-electron chi connectivity index (χ4n) is 6.68. The number of fused-ring (bicyclic) bond motifs is 4. The van der Waals surface area contributed by atoms with Crippen LogP contribution in [0.1, 0.15) is 56.7 Å². The van der Waals surface area contributed by atoms with Crippen molar-refractivity contribution in [1.82, 2.24) is 34.4 Å². The summed E-state index contributed by atoms with van der Waals surface area (Å²) in [7, 11) is 2.01. The predicted molar refractivity (Wildman–Crippen MR) is 155 cm³/mol. The molecule has 0 radical (unpaired) electrons. The van der Waals surface area contributed by atoms with E-state index in [1.54, 1.807) is 6.33 Å². The van der Waals surface area contributed by atoms with Gasteiger partial charge in [0.15, 0.2) is 5.65 Å². The van der Waals surface area contributed by atoms with Crippen molar-refractivity contribution in [2.45, 2.75) is 66.0 Å². The number of H-pyrrole nitrogens is 1. The lowest BCUT2D eigenvalue weighted by molar-refractivity contribution is -0.133. The molecule has 0 aromatic carbocycles. The quantitative estimate of drug-likeness (QED) is 0.400. The third kappa shape index (κ3) is 4.18. The van der Waals surface area contributed by atoms with Crippen LogP contribution in [-0.2, 0) is 4.79 Å². The van der Waals surface area contributed by atoms with Gasteiger partial charge in [-0.15, -0.1) is 0 Å². The number of aromatic amines is 1. The number of aromatic nitrogens is 5. The molecule has 39 heavy (non-hydrogen) atoms. The van der Waals surface area contributed by atoms with E-state index in [1.807, 2.05) is 11.6 Å². The second-order valence-corrected chi connectivity index (χ2v) is 11.9. The number of pyridine rings is 2. The standard InChI is InChI=1S/C30H40N8O/c1-8-35(7)15-26(39)36-12-21-11-18(4)24(14-36)38(21)25-10-9-23-29(34-25)27(17(2)3)28(33-23)22-13-37-30(31-16-32-37)20(6)19(22)5/h9-10,13,16-18,21,24,33H,8,11-12,14-15H2,1-7H3/t18-,21-,24+/m0/s1. The largest absolute Gasteiger partial charge is 0.353 e. The van der Waals surface area contributed by atoms with Crippen LogP contribution in [0, 0.1) is 19.8 Å². The van der Waals surface area contributed by atoms with Gasteiger partial charge < -0.3 is 14.8 Å². The van der Waals surface area contributed by atoms with Crippen molar-refractivity contribution < 1.29 is 4.79 Å². The van der Waals surface area contributed by atoms with Gasteiger partial charge in [-0.3, -0.25) is 9.69 Å². The van der Waals surface area contributed by atoms with E-state index in [2.05, 4.69) is 89.6 Å². The molecule has 6 rings (SSSR count). The first-order valence-corrected chi connectivity index (χ1v) is 14.2. The zero-order chi connectivity index (χ0) is 27.6. The Morgan fingerprint density at radius 1 is 1.21 bits per heavy atom. The minimum Gasteiger partial charge on any atom is -0.353 e. The summed E-state index contributed by atoms with van der Waals surface area (Å²) in [5, 5.41) is 4.42. The number of likely N-dealkylation sites (N-methyl/N-ethyl adjacent to an activating group) is 1. The van der Waals surface area contributed by atoms with Crippen LogP contribution in [0.15, 0.2) is 24.7 Å². The highest BCUT2D eigenvalue weighted by molar-refractivity contribution is 5.90. The summed E-state index contributed by atoms with van der Waals surface area (Å²) in [5.74, 6) is 2.05. The number of likely N-dealkylation sites (tertiary alicyclic amines) is 1. The Hall–Kier alpha value is -3.46. The highest BCUT2D eigenvalue weighted by atomic mass is 16.2. The summed E-state index contributed by atoms with van der Waals surface area (Å²) >= 11 is 0. The van der Waals surface area contributed by atoms with Gasteiger partial charge in [0.2, 0.25) is 5.91 Å². The molecule has 3 atom stereocenters. The van der Waals surface area contributed by atoms with E-state index in [-0.39, 0.29) is 17.9 Å². The first-order chi connectivity index (χ1) is 18.7. The van der Waals surface area contributed by atoms with Gasteiger partial charge in [-0.2, -0.15) is 5.10 Å². The number of hydrogen-bond acceptors (Lipinski definition) is 6. The van der Waals surface area contributed by atoms with Crippen LogP contribution in [0.2, 0.25) is 0 Å². The number of anilines is 1. The van der Waals surface area contributed by atoms with Crippen LogP contribution in [0.25, 0.3) is 27.9 Å². The summed E-state index contributed by atoms with van der Waals surface area (Å²) in [6.07, 6.45) is 4.78. The van der Waals surface area contributed by atoms with Crippen LogP contribution in [0.3, 0.4) is 0 Å². The second-order valence-electron chi connectivity index (χ2n) is 11.9. The van der Waals surface area contributed by atoms with E-state index in [0.29, 0.717) is 18.5 Å². The van der Waals surface area contributed by atoms with Gasteiger partial charge in [-0.05, 0) is 69.0 Å². The molecule has 2 aliphatic rings. The molecule has 9 heteroatoms. The summed E-state index contributed by atoms with van der Waals surface area (Å²) in [6, 6.07) is 4.91. The highest BCUT2D eigenvalue weighted by Crippen LogP contribution is 2.41. The molecule has 4 aromatic rings. The molecular formula is C30H40N8O. The Morgan fingerprint density at radius 2 is 2.00 bits per heavy atom. The zero-order valence-electron chi connectivity index (χ0n) is 24.2. The Balaban J connectivity index is 1.39. The minimum atomic E-state index is 0.235. The number of nitrogens with zero attached hydrogens (tertiary/aromatic N) is 7. The van der Waals surface area contributed by atoms with Crippen molar-refractivity contribution in [3.8, 4) is 11.3 Å². The van der Waals surface area contributed by atoms with Gasteiger partial charge in [0.25, 0.3) is 0 Å². The Bertz CT molecular complexity index is 1550. The minimum absolute atomic E-state index is 0.235. The van der Waals surface area contributed by atoms with E-state index in [9.17, 15) is 4.79 Å². The lowest BCUT2D eigenvalue weighted by atomic mass is 9.95. The molecule has 9 nitrogen and oxygen atoms in total. The molecule has 1 N–H and O–H groups in total. The molecule has 2 bridgehead atoms. The smallest absolute Gasteiger partial charge is 0.236 e. The van der Waals surface area contributed by atoms with Crippen molar-refractivity contribution in [2.75, 3.05) is 38.1 Å². The lowest BCUT2D eigenvalue weighted by Crippen LogP contribution is -2.57. The molecule has 0 unspecified atom stereocenters. The maximum absolute atomic E-state index is 13.0. The molecule has 2 fully saturated rings. The molecular weight excluding hydrogens is 488 g/mol. The van der Waals surface area contributed by atoms with Crippen molar-refractivity contribution >= 4 is 28.4 Å². The number of aryl methyl sites for hydroxylation is 1. The Kier molecular flexibility index (Phi) is 6.37. The maximum Gasteiger partial charge on any atom is 0.236 e. The van der Waals surface area contributed by atoms with Crippen LogP contribution < -0.4 is 4.90 Å². The summed E-state index contributed by atoms with van der Waals surface area (Å²) < 4.78 is 1.87. The lowest BCUT2D eigenvalue weighted by Gasteiger charge is -2.42. The fourth-order valence-corrected chi connectivity index (χ4v) is 6.68. The van der Waals surface area contributed by atoms with Crippen molar-refractivity contribution in [3.63, 3.8) is 0 Å². The van der Waals surface area contributed by atoms with Crippen molar-refractivity contribution in [2.24, 2.45) is 5.92 Å². The Labute approximate surface area is 230 Å². The van der Waals surface area contributed by atoms with Crippen LogP contribution in [-0.4, -0.2) is 85.6 Å². The van der Waals surface area contributed by atoms with E-state index < -0.39 is 0 Å². The first kappa shape index (κ1) is 25.8. The van der Waals surface area contributed by atoms with Crippen molar-refractivity contribution in [1.29, 1.82) is 0 Å². The number of rotatable bonds is 6. The first-order valence-electron chi connectivity index (χ1n) is 14.2. The summed E-state index contributed by atoms with van der Waals surface area (Å²) in [6.45, 7) is 16.0. The third-order valence-corrected chi connectivity index (χ3v) is 9.09. The van der Waals surface area contributed by atoms with Crippen LogP contribution >= 0.6 is 0 Å². The summed E-state index contributed by atoms with van der Waals surface area (Å²) in [4.78, 5) is 33.2. The topological polar surface area (TPSA) is 85.7 Å². The number of carbonyl (C=O) groups is 1. The van der Waals surface area contributed by atoms with E-state index in [4.69, 9.17) is 4.98 Å². The molecule has 4 aromatic heterocycles. The average molecular weight is 529 g/mol. The van der Waals surface area contributed by atoms with Gasteiger partial charge in [0.1, 0.15) is 12.1 Å². The van der Waals surface area contributed by atoms with Gasteiger partial charge in [-0.25, -0.2) is 14.5 Å². The van der Waals surface area contributed by atoms with E-state index in [0.717, 1.165) is 65.4 Å². The highest BCUT2D eigenvalue weighted by Gasteiger charge is 2.46. The Morgan fingerprint density at radius 3 is 2.72 bits per heavy atom. The van der Waals surface area contributed by atoms with Gasteiger partial charge in [0, 0.05) is 36.5 Å². The van der Waals surface area contributed by atoms with E-state index in [1.165, 1.54) is 11.1 Å². The number of amides is 1. The molecule has 1 amide bonds. The molecule has 206 valence electrons. The van der Waals surface area contributed by atoms with Crippen LogP contribution in [0.4, 0.5) is 5.82 Å². The number of hydrogen-bond donors (Lipinski definition) is 1. The molecule has 2 saturated heterocycles. The molecule has 0 saturated carbocycles. The molecule has 2 aliphatic heterocycles. The average Bonchev–Trinajstić information content (AvgIpc) is 3.58. The molecule has 0 spiro atoms. The van der Waals surface area contributed by atoms with Gasteiger partial charge >= 0.3 is 0 Å². The second kappa shape index (κ2) is 9.62. The number of piperazine rings is 1. The fraction of sp³-hybridized carbons (Fsp3) is 0.533. The normalized spacial score (nSPS) is 21.3. The monoisotopic (exact) mass is 528 g/mol. The predicted octanol–water partition coefficient (Wildman–Crippen LogP) is 4.39. The van der Waals surface area contributed by atoms with Gasteiger partial charge in [-0.1, -0.05) is 27.7 Å². The van der Waals surface area contributed by atoms with E-state index >= 15 is 0 Å². The zero-order valence-corrected chi connectivity index (χ0v) is 24.2. The summed E-state index contributed by atoms with van der Waals surface area (Å²) in [5.41, 5.74) is 8.77. The third-order valence-electron chi connectivity index (χ3n) is 9.09. The molecule has 6 heterocycles. The van der Waals surface area contributed by atoms with Crippen molar-refractivity contribution in [3.05, 3.63) is 41.3 Å². The maximum atomic E-state index is 13.0. The van der Waals surface area contributed by atoms with Crippen LogP contribution in [0.5, 0.6) is 0 Å².